The number of carbonyl (C=O) groups is 2. The van der Waals surface area contributed by atoms with E-state index in [1.807, 2.05) is 60.7 Å². The van der Waals surface area contributed by atoms with Crippen molar-refractivity contribution in [3.05, 3.63) is 120 Å². The summed E-state index contributed by atoms with van der Waals surface area (Å²) in [5, 5.41) is 5.69. The minimum absolute atomic E-state index is 0.148. The molecule has 6 nitrogen and oxygen atoms in total. The highest BCUT2D eigenvalue weighted by atomic mass is 16.5. The Bertz CT molecular complexity index is 1230. The van der Waals surface area contributed by atoms with E-state index in [4.69, 9.17) is 9.47 Å². The minimum atomic E-state index is -0.288. The van der Waals surface area contributed by atoms with Gasteiger partial charge in [-0.2, -0.15) is 0 Å². The fraction of sp³-hybridized carbons (Fsp3) is 0.103. The first-order valence-electron chi connectivity index (χ1n) is 11.3. The topological polar surface area (TPSA) is 76.7 Å². The Morgan fingerprint density at radius 1 is 0.657 bits per heavy atom. The van der Waals surface area contributed by atoms with E-state index in [9.17, 15) is 9.59 Å². The molecule has 0 fully saturated rings. The van der Waals surface area contributed by atoms with Crippen molar-refractivity contribution < 1.29 is 19.1 Å². The van der Waals surface area contributed by atoms with Crippen molar-refractivity contribution in [3.8, 4) is 17.2 Å². The first-order valence-corrected chi connectivity index (χ1v) is 11.3. The van der Waals surface area contributed by atoms with Crippen molar-refractivity contribution in [1.82, 2.24) is 5.32 Å². The van der Waals surface area contributed by atoms with Crippen LogP contribution in [0.15, 0.2) is 109 Å². The van der Waals surface area contributed by atoms with Gasteiger partial charge in [0.25, 0.3) is 11.8 Å². The van der Waals surface area contributed by atoms with Crippen LogP contribution < -0.4 is 20.1 Å². The van der Waals surface area contributed by atoms with Crippen molar-refractivity contribution in [2.45, 2.75) is 6.42 Å². The summed E-state index contributed by atoms with van der Waals surface area (Å²) in [5.41, 5.74) is 2.35. The van der Waals surface area contributed by atoms with Gasteiger partial charge in [-0.05, 0) is 72.6 Å². The van der Waals surface area contributed by atoms with E-state index < -0.39 is 0 Å². The molecular formula is C29H26N2O4. The standard InChI is InChI=1S/C29H26N2O4/c32-28(31-24-13-17-27(18-14-24)35-26-9-5-2-6-10-26)21-34-25-15-11-23(12-16-25)29(33)30-20-19-22-7-3-1-4-8-22/h1-18H,19-21H2,(H,30,33)(H,31,32). The first kappa shape index (κ1) is 23.6. The third kappa shape index (κ3) is 7.47. The van der Waals surface area contributed by atoms with Gasteiger partial charge in [0, 0.05) is 17.8 Å². The summed E-state index contributed by atoms with van der Waals surface area (Å²) >= 11 is 0. The highest BCUT2D eigenvalue weighted by Crippen LogP contribution is 2.22. The molecule has 4 aromatic rings. The van der Waals surface area contributed by atoms with Crippen LogP contribution in [0.25, 0.3) is 0 Å². The summed E-state index contributed by atoms with van der Waals surface area (Å²) in [7, 11) is 0. The minimum Gasteiger partial charge on any atom is -0.484 e. The smallest absolute Gasteiger partial charge is 0.262 e. The van der Waals surface area contributed by atoms with Crippen LogP contribution >= 0.6 is 0 Å². The second-order valence-corrected chi connectivity index (χ2v) is 7.79. The second kappa shape index (κ2) is 12.0. The molecule has 0 saturated heterocycles. The Morgan fingerprint density at radius 3 is 1.94 bits per heavy atom. The van der Waals surface area contributed by atoms with Crippen molar-refractivity contribution in [2.24, 2.45) is 0 Å². The average molecular weight is 467 g/mol. The van der Waals surface area contributed by atoms with Crippen LogP contribution in [-0.2, 0) is 11.2 Å². The third-order valence-electron chi connectivity index (χ3n) is 5.15. The van der Waals surface area contributed by atoms with Crippen LogP contribution in [0.5, 0.6) is 17.2 Å². The molecule has 0 saturated carbocycles. The number of anilines is 1. The monoisotopic (exact) mass is 466 g/mol. The molecule has 2 N–H and O–H groups in total. The molecule has 0 aliphatic carbocycles. The lowest BCUT2D eigenvalue weighted by Gasteiger charge is -2.10. The Hall–Kier alpha value is -4.58. The largest absolute Gasteiger partial charge is 0.484 e. The van der Waals surface area contributed by atoms with Gasteiger partial charge < -0.3 is 20.1 Å². The lowest BCUT2D eigenvalue weighted by atomic mass is 10.1. The quantitative estimate of drug-likeness (QED) is 0.325. The number of hydrogen-bond acceptors (Lipinski definition) is 4. The van der Waals surface area contributed by atoms with E-state index in [-0.39, 0.29) is 18.4 Å². The number of nitrogens with one attached hydrogen (secondary N) is 2. The van der Waals surface area contributed by atoms with Crippen LogP contribution in [0.2, 0.25) is 0 Å². The van der Waals surface area contributed by atoms with Gasteiger partial charge in [0.2, 0.25) is 0 Å². The number of rotatable bonds is 10. The van der Waals surface area contributed by atoms with Gasteiger partial charge in [-0.1, -0.05) is 48.5 Å². The van der Waals surface area contributed by atoms with Crippen LogP contribution in [-0.4, -0.2) is 25.0 Å². The van der Waals surface area contributed by atoms with Crippen LogP contribution in [0.1, 0.15) is 15.9 Å². The number of para-hydroxylation sites is 1. The van der Waals surface area contributed by atoms with E-state index in [1.54, 1.807) is 48.5 Å². The summed E-state index contributed by atoms with van der Waals surface area (Å²) in [6, 6.07) is 33.3. The summed E-state index contributed by atoms with van der Waals surface area (Å²) in [6.45, 7) is 0.408. The molecular weight excluding hydrogens is 440 g/mol. The van der Waals surface area contributed by atoms with Gasteiger partial charge in [-0.25, -0.2) is 0 Å². The molecule has 6 heteroatoms. The van der Waals surface area contributed by atoms with Gasteiger partial charge in [-0.15, -0.1) is 0 Å². The molecule has 4 rings (SSSR count). The lowest BCUT2D eigenvalue weighted by molar-refractivity contribution is -0.118. The van der Waals surface area contributed by atoms with Crippen molar-refractivity contribution in [2.75, 3.05) is 18.5 Å². The van der Waals surface area contributed by atoms with Crippen molar-refractivity contribution in [3.63, 3.8) is 0 Å². The molecule has 0 atom stereocenters. The van der Waals surface area contributed by atoms with Crippen LogP contribution in [0.4, 0.5) is 5.69 Å². The predicted molar refractivity (Wildman–Crippen MR) is 136 cm³/mol. The zero-order valence-corrected chi connectivity index (χ0v) is 19.1. The van der Waals surface area contributed by atoms with Crippen molar-refractivity contribution in [1.29, 1.82) is 0 Å². The normalized spacial score (nSPS) is 10.3. The number of ether oxygens (including phenoxy) is 2. The molecule has 35 heavy (non-hydrogen) atoms. The summed E-state index contributed by atoms with van der Waals surface area (Å²) in [6.07, 6.45) is 0.770. The molecule has 2 amide bonds. The van der Waals surface area contributed by atoms with E-state index in [0.29, 0.717) is 29.3 Å². The average Bonchev–Trinajstić information content (AvgIpc) is 2.90. The maximum Gasteiger partial charge on any atom is 0.262 e. The summed E-state index contributed by atoms with van der Waals surface area (Å²) < 4.78 is 11.3. The lowest BCUT2D eigenvalue weighted by Crippen LogP contribution is -2.25. The van der Waals surface area contributed by atoms with E-state index in [1.165, 1.54) is 5.56 Å². The van der Waals surface area contributed by atoms with Gasteiger partial charge in [-0.3, -0.25) is 9.59 Å². The maximum absolute atomic E-state index is 12.3. The summed E-state index contributed by atoms with van der Waals surface area (Å²) in [5.74, 6) is 1.49. The number of amides is 2. The van der Waals surface area contributed by atoms with Crippen molar-refractivity contribution >= 4 is 17.5 Å². The molecule has 4 aromatic carbocycles. The number of hydrogen-bond donors (Lipinski definition) is 2. The molecule has 0 aliphatic heterocycles. The highest BCUT2D eigenvalue weighted by Gasteiger charge is 2.08. The first-order chi connectivity index (χ1) is 17.2. The molecule has 0 aliphatic rings. The molecule has 0 radical (unpaired) electrons. The maximum atomic E-state index is 12.3. The molecule has 0 unspecified atom stereocenters. The SMILES string of the molecule is O=C(COc1ccc(C(=O)NCCc2ccccc2)cc1)Nc1ccc(Oc2ccccc2)cc1. The Morgan fingerprint density at radius 2 is 1.26 bits per heavy atom. The molecule has 0 bridgehead atoms. The van der Waals surface area contributed by atoms with Gasteiger partial charge >= 0.3 is 0 Å². The van der Waals surface area contributed by atoms with E-state index in [0.717, 1.165) is 12.2 Å². The third-order valence-corrected chi connectivity index (χ3v) is 5.15. The summed E-state index contributed by atoms with van der Waals surface area (Å²) in [4.78, 5) is 24.6. The molecule has 176 valence electrons. The van der Waals surface area contributed by atoms with E-state index in [2.05, 4.69) is 10.6 Å². The Kier molecular flexibility index (Phi) is 8.11. The molecule has 0 heterocycles. The van der Waals surface area contributed by atoms with Gasteiger partial charge in [0.1, 0.15) is 17.2 Å². The van der Waals surface area contributed by atoms with E-state index >= 15 is 0 Å². The fourth-order valence-corrected chi connectivity index (χ4v) is 3.35. The highest BCUT2D eigenvalue weighted by molar-refractivity contribution is 5.94. The van der Waals surface area contributed by atoms with Gasteiger partial charge in [0.05, 0.1) is 0 Å². The van der Waals surface area contributed by atoms with Gasteiger partial charge in [0.15, 0.2) is 6.61 Å². The Balaban J connectivity index is 1.19. The molecule has 0 aromatic heterocycles. The van der Waals surface area contributed by atoms with Crippen LogP contribution in [0.3, 0.4) is 0 Å². The van der Waals surface area contributed by atoms with Crippen LogP contribution in [0, 0.1) is 0 Å². The second-order valence-electron chi connectivity index (χ2n) is 7.79. The number of benzene rings is 4. The molecule has 0 spiro atoms. The predicted octanol–water partition coefficient (Wildman–Crippen LogP) is 5.47. The zero-order valence-electron chi connectivity index (χ0n) is 19.1. The fourth-order valence-electron chi connectivity index (χ4n) is 3.35. The number of carbonyl (C=O) groups excluding carboxylic acids is 2. The zero-order chi connectivity index (χ0) is 24.3. The Labute approximate surface area is 204 Å².